The number of rotatable bonds is 3. The van der Waals surface area contributed by atoms with E-state index in [4.69, 9.17) is 4.99 Å². The van der Waals surface area contributed by atoms with E-state index >= 15 is 0 Å². The van der Waals surface area contributed by atoms with Gasteiger partial charge in [0.1, 0.15) is 5.82 Å². The lowest BCUT2D eigenvalue weighted by Gasteiger charge is -2.33. The van der Waals surface area contributed by atoms with Gasteiger partial charge in [0.15, 0.2) is 0 Å². The van der Waals surface area contributed by atoms with E-state index in [9.17, 15) is 0 Å². The predicted octanol–water partition coefficient (Wildman–Crippen LogP) is 2.58. The molecule has 5 rings (SSSR count). The summed E-state index contributed by atoms with van der Waals surface area (Å²) in [5, 5.41) is 4.30. The van der Waals surface area contributed by atoms with Crippen LogP contribution in [0.5, 0.6) is 0 Å². The first-order chi connectivity index (χ1) is 13.7. The Morgan fingerprint density at radius 1 is 0.893 bits per heavy atom. The van der Waals surface area contributed by atoms with Crippen LogP contribution in [0.4, 0.5) is 5.82 Å². The van der Waals surface area contributed by atoms with Crippen molar-refractivity contribution < 1.29 is 0 Å². The molecule has 0 N–H and O–H groups in total. The molecule has 1 fully saturated rings. The van der Waals surface area contributed by atoms with E-state index in [0.29, 0.717) is 0 Å². The molecule has 0 aliphatic carbocycles. The minimum atomic E-state index is 0.740. The number of pyridine rings is 1. The number of aryl methyl sites for hydroxylation is 1. The molecule has 0 radical (unpaired) electrons. The molecule has 4 heterocycles. The minimum absolute atomic E-state index is 0.740. The minimum Gasteiger partial charge on any atom is -0.354 e. The highest BCUT2D eigenvalue weighted by molar-refractivity contribution is 6.15. The standard InChI is InChI=1S/C22H24N6/c1-26-7-9-28(10-8-26)21-12-17(5-6-23-21)22-20-11-16(3-4-18(20)13-24-22)19-14-25-27(2)15-19/h3-6,11-12,14-15H,7-10,13H2,1-2H3. The molecule has 0 bridgehead atoms. The summed E-state index contributed by atoms with van der Waals surface area (Å²) in [5.41, 5.74) is 7.02. The molecule has 0 saturated carbocycles. The lowest BCUT2D eigenvalue weighted by molar-refractivity contribution is 0.312. The van der Waals surface area contributed by atoms with E-state index < -0.39 is 0 Å². The predicted molar refractivity (Wildman–Crippen MR) is 112 cm³/mol. The van der Waals surface area contributed by atoms with Gasteiger partial charge >= 0.3 is 0 Å². The van der Waals surface area contributed by atoms with Gasteiger partial charge in [0.25, 0.3) is 0 Å². The Labute approximate surface area is 165 Å². The molecule has 1 aromatic carbocycles. The highest BCUT2D eigenvalue weighted by atomic mass is 15.3. The molecule has 2 aliphatic rings. The average Bonchev–Trinajstić information content (AvgIpc) is 3.34. The van der Waals surface area contributed by atoms with Gasteiger partial charge in [-0.3, -0.25) is 9.67 Å². The summed E-state index contributed by atoms with van der Waals surface area (Å²) in [6.45, 7) is 4.92. The second-order valence-corrected chi connectivity index (χ2v) is 7.63. The third-order valence-electron chi connectivity index (χ3n) is 5.66. The number of benzene rings is 1. The topological polar surface area (TPSA) is 49.5 Å². The fourth-order valence-electron chi connectivity index (χ4n) is 3.96. The Bertz CT molecular complexity index is 1040. The van der Waals surface area contributed by atoms with Crippen molar-refractivity contribution in [2.75, 3.05) is 38.1 Å². The smallest absolute Gasteiger partial charge is 0.129 e. The summed E-state index contributed by atoms with van der Waals surface area (Å²) >= 11 is 0. The van der Waals surface area contributed by atoms with Crippen molar-refractivity contribution >= 4 is 11.5 Å². The molecule has 0 atom stereocenters. The van der Waals surface area contributed by atoms with Crippen LogP contribution in [0.3, 0.4) is 0 Å². The zero-order valence-corrected chi connectivity index (χ0v) is 16.3. The van der Waals surface area contributed by atoms with Gasteiger partial charge in [-0.05, 0) is 36.4 Å². The van der Waals surface area contributed by atoms with Crippen LogP contribution in [-0.4, -0.2) is 58.6 Å². The molecule has 3 aromatic rings. The molecule has 1 saturated heterocycles. The van der Waals surface area contributed by atoms with Crippen LogP contribution in [-0.2, 0) is 13.6 Å². The monoisotopic (exact) mass is 372 g/mol. The van der Waals surface area contributed by atoms with Crippen molar-refractivity contribution in [1.29, 1.82) is 0 Å². The summed E-state index contributed by atoms with van der Waals surface area (Å²) in [5.74, 6) is 1.05. The van der Waals surface area contributed by atoms with Crippen molar-refractivity contribution in [2.45, 2.75) is 6.54 Å². The maximum absolute atomic E-state index is 4.85. The molecular formula is C22H24N6. The normalized spacial score (nSPS) is 16.9. The fourth-order valence-corrected chi connectivity index (χ4v) is 3.96. The van der Waals surface area contributed by atoms with Crippen LogP contribution in [0.2, 0.25) is 0 Å². The van der Waals surface area contributed by atoms with Crippen LogP contribution in [0, 0.1) is 0 Å². The Balaban J connectivity index is 1.47. The molecule has 2 aliphatic heterocycles. The van der Waals surface area contributed by atoms with E-state index in [2.05, 4.69) is 57.3 Å². The summed E-state index contributed by atoms with van der Waals surface area (Å²) in [6, 6.07) is 10.9. The molecular weight excluding hydrogens is 348 g/mol. The van der Waals surface area contributed by atoms with Crippen molar-refractivity contribution in [2.24, 2.45) is 12.0 Å². The van der Waals surface area contributed by atoms with Crippen molar-refractivity contribution in [3.05, 3.63) is 65.6 Å². The van der Waals surface area contributed by atoms with Crippen LogP contribution in [0.1, 0.15) is 16.7 Å². The Hall–Kier alpha value is -2.99. The first kappa shape index (κ1) is 17.1. The average molecular weight is 372 g/mol. The molecule has 0 amide bonds. The Kier molecular flexibility index (Phi) is 4.20. The Morgan fingerprint density at radius 3 is 2.54 bits per heavy atom. The quantitative estimate of drug-likeness (QED) is 0.709. The van der Waals surface area contributed by atoms with Crippen LogP contribution in [0.15, 0.2) is 53.9 Å². The van der Waals surface area contributed by atoms with Gasteiger partial charge in [0.2, 0.25) is 0 Å². The molecule has 28 heavy (non-hydrogen) atoms. The first-order valence-electron chi connectivity index (χ1n) is 9.74. The highest BCUT2D eigenvalue weighted by Gasteiger charge is 2.21. The molecule has 142 valence electrons. The summed E-state index contributed by atoms with van der Waals surface area (Å²) < 4.78 is 1.84. The lowest BCUT2D eigenvalue weighted by Crippen LogP contribution is -2.44. The first-order valence-corrected chi connectivity index (χ1v) is 9.74. The van der Waals surface area contributed by atoms with Crippen molar-refractivity contribution in [1.82, 2.24) is 19.7 Å². The van der Waals surface area contributed by atoms with Crippen molar-refractivity contribution in [3.8, 4) is 11.1 Å². The number of aliphatic imine (C=N–C) groups is 1. The van der Waals surface area contributed by atoms with Gasteiger partial charge in [-0.25, -0.2) is 4.98 Å². The zero-order valence-electron chi connectivity index (χ0n) is 16.3. The van der Waals surface area contributed by atoms with Crippen LogP contribution >= 0.6 is 0 Å². The third kappa shape index (κ3) is 3.10. The molecule has 6 heteroatoms. The third-order valence-corrected chi connectivity index (χ3v) is 5.66. The van der Waals surface area contributed by atoms with E-state index in [1.165, 1.54) is 16.7 Å². The second kappa shape index (κ2) is 6.87. The summed E-state index contributed by atoms with van der Waals surface area (Å²) in [7, 11) is 4.12. The van der Waals surface area contributed by atoms with Crippen LogP contribution < -0.4 is 4.90 Å². The second-order valence-electron chi connectivity index (χ2n) is 7.63. The summed E-state index contributed by atoms with van der Waals surface area (Å²) in [6.07, 6.45) is 5.87. The van der Waals surface area contributed by atoms with Gasteiger partial charge in [0.05, 0.1) is 18.5 Å². The molecule has 6 nitrogen and oxygen atoms in total. The number of piperazine rings is 1. The molecule has 2 aromatic heterocycles. The van der Waals surface area contributed by atoms with E-state index in [-0.39, 0.29) is 0 Å². The number of anilines is 1. The van der Waals surface area contributed by atoms with E-state index in [1.807, 2.05) is 30.3 Å². The number of nitrogens with zero attached hydrogens (tertiary/aromatic N) is 6. The van der Waals surface area contributed by atoms with Crippen molar-refractivity contribution in [3.63, 3.8) is 0 Å². The number of likely N-dealkylation sites (N-methyl/N-ethyl adjacent to an activating group) is 1. The van der Waals surface area contributed by atoms with Gasteiger partial charge in [-0.15, -0.1) is 0 Å². The SMILES string of the molecule is CN1CCN(c2cc(C3=NCc4ccc(-c5cnn(C)c5)cc43)ccn2)CC1. The number of fused-ring (bicyclic) bond motifs is 1. The van der Waals surface area contributed by atoms with E-state index in [1.54, 1.807) is 0 Å². The molecule has 0 unspecified atom stereocenters. The van der Waals surface area contributed by atoms with Gasteiger partial charge in [-0.2, -0.15) is 5.10 Å². The number of hydrogen-bond donors (Lipinski definition) is 0. The van der Waals surface area contributed by atoms with Gasteiger partial charge in [0, 0.05) is 62.3 Å². The van der Waals surface area contributed by atoms with E-state index in [0.717, 1.165) is 55.4 Å². The highest BCUT2D eigenvalue weighted by Crippen LogP contribution is 2.29. The Morgan fingerprint density at radius 2 is 1.75 bits per heavy atom. The summed E-state index contributed by atoms with van der Waals surface area (Å²) in [4.78, 5) is 14.2. The molecule has 0 spiro atoms. The largest absolute Gasteiger partial charge is 0.354 e. The number of hydrogen-bond acceptors (Lipinski definition) is 5. The maximum Gasteiger partial charge on any atom is 0.129 e. The van der Waals surface area contributed by atoms with Crippen LogP contribution in [0.25, 0.3) is 11.1 Å². The lowest BCUT2D eigenvalue weighted by atomic mass is 9.96. The van der Waals surface area contributed by atoms with Gasteiger partial charge < -0.3 is 9.80 Å². The zero-order chi connectivity index (χ0) is 19.1. The van der Waals surface area contributed by atoms with Gasteiger partial charge in [-0.1, -0.05) is 12.1 Å². The number of aromatic nitrogens is 3. The maximum atomic E-state index is 4.85. The fraction of sp³-hybridized carbons (Fsp3) is 0.318.